The molecule has 2 rings (SSSR count). The van der Waals surface area contributed by atoms with E-state index in [2.05, 4.69) is 19.2 Å². The van der Waals surface area contributed by atoms with Gasteiger partial charge in [0.05, 0.1) is 5.56 Å². The van der Waals surface area contributed by atoms with Gasteiger partial charge in [-0.25, -0.2) is 0 Å². The molecule has 4 heteroatoms. The molecule has 0 aliphatic carbocycles. The lowest BCUT2D eigenvalue weighted by Crippen LogP contribution is -2.58. The fraction of sp³-hybridized carbons (Fsp3) is 0.615. The highest BCUT2D eigenvalue weighted by atomic mass is 16.3. The summed E-state index contributed by atoms with van der Waals surface area (Å²) in [6.45, 7) is 10.3. The summed E-state index contributed by atoms with van der Waals surface area (Å²) in [7, 11) is 0. The number of nitrogens with zero attached hydrogens (tertiary/aromatic N) is 1. The summed E-state index contributed by atoms with van der Waals surface area (Å²) >= 11 is 0. The fourth-order valence-corrected chi connectivity index (χ4v) is 2.33. The average molecular weight is 236 g/mol. The molecule has 4 nitrogen and oxygen atoms in total. The molecule has 1 fully saturated rings. The minimum Gasteiger partial charge on any atom is -0.466 e. The van der Waals surface area contributed by atoms with E-state index in [-0.39, 0.29) is 11.4 Å². The summed E-state index contributed by atoms with van der Waals surface area (Å²) in [6.07, 6.45) is 0. The van der Waals surface area contributed by atoms with Gasteiger partial charge in [0.25, 0.3) is 5.91 Å². The van der Waals surface area contributed by atoms with Gasteiger partial charge in [0, 0.05) is 25.2 Å². The van der Waals surface area contributed by atoms with Crippen LogP contribution in [0.2, 0.25) is 0 Å². The zero-order valence-corrected chi connectivity index (χ0v) is 11.0. The van der Waals surface area contributed by atoms with E-state index >= 15 is 0 Å². The maximum Gasteiger partial charge on any atom is 0.257 e. The highest BCUT2D eigenvalue weighted by Gasteiger charge is 2.30. The van der Waals surface area contributed by atoms with E-state index in [1.54, 1.807) is 0 Å². The van der Waals surface area contributed by atoms with Crippen LogP contribution in [0.25, 0.3) is 0 Å². The lowest BCUT2D eigenvalue weighted by Gasteiger charge is -2.39. The van der Waals surface area contributed by atoms with Gasteiger partial charge in [-0.15, -0.1) is 0 Å². The van der Waals surface area contributed by atoms with Crippen LogP contribution in [0.15, 0.2) is 10.5 Å². The van der Waals surface area contributed by atoms with Crippen molar-refractivity contribution in [3.05, 3.63) is 23.2 Å². The summed E-state index contributed by atoms with van der Waals surface area (Å²) in [5.41, 5.74) is 0.681. The molecule has 0 aromatic carbocycles. The Hall–Kier alpha value is -1.29. The maximum atomic E-state index is 12.4. The summed E-state index contributed by atoms with van der Waals surface area (Å²) in [5, 5.41) is 3.40. The van der Waals surface area contributed by atoms with Crippen molar-refractivity contribution in [3.8, 4) is 0 Å². The fourth-order valence-electron chi connectivity index (χ4n) is 2.33. The van der Waals surface area contributed by atoms with Crippen molar-refractivity contribution in [2.75, 3.05) is 19.6 Å². The Kier molecular flexibility index (Phi) is 3.00. The van der Waals surface area contributed by atoms with Gasteiger partial charge in [0.1, 0.15) is 11.5 Å². The van der Waals surface area contributed by atoms with Crippen LogP contribution in [0.1, 0.15) is 35.7 Å². The Bertz CT molecular complexity index is 435. The van der Waals surface area contributed by atoms with Gasteiger partial charge in [0.2, 0.25) is 0 Å². The largest absolute Gasteiger partial charge is 0.466 e. The first-order valence-electron chi connectivity index (χ1n) is 6.00. The third-order valence-electron chi connectivity index (χ3n) is 3.13. The molecule has 94 valence electrons. The first kappa shape index (κ1) is 12.2. The number of carbonyl (C=O) groups is 1. The Labute approximate surface area is 102 Å². The van der Waals surface area contributed by atoms with Crippen molar-refractivity contribution in [1.82, 2.24) is 10.2 Å². The molecule has 0 spiro atoms. The van der Waals surface area contributed by atoms with Gasteiger partial charge < -0.3 is 14.6 Å². The number of piperazine rings is 1. The van der Waals surface area contributed by atoms with Gasteiger partial charge in [-0.1, -0.05) is 0 Å². The highest BCUT2D eigenvalue weighted by Crippen LogP contribution is 2.18. The molecule has 1 saturated heterocycles. The van der Waals surface area contributed by atoms with E-state index in [4.69, 9.17) is 4.42 Å². The topological polar surface area (TPSA) is 45.5 Å². The minimum atomic E-state index is -0.0133. The lowest BCUT2D eigenvalue weighted by molar-refractivity contribution is 0.0650. The number of furan rings is 1. The molecule has 1 aliphatic rings. The average Bonchev–Trinajstić information content (AvgIpc) is 2.55. The van der Waals surface area contributed by atoms with E-state index in [0.29, 0.717) is 11.3 Å². The van der Waals surface area contributed by atoms with Crippen LogP contribution in [0.4, 0.5) is 0 Å². The second kappa shape index (κ2) is 4.18. The Morgan fingerprint density at radius 3 is 2.71 bits per heavy atom. The number of rotatable bonds is 1. The van der Waals surface area contributed by atoms with E-state index in [0.717, 1.165) is 25.4 Å². The number of amides is 1. The molecular formula is C13H20N2O2. The van der Waals surface area contributed by atoms with E-state index in [9.17, 15) is 4.79 Å². The van der Waals surface area contributed by atoms with Crippen LogP contribution >= 0.6 is 0 Å². The highest BCUT2D eigenvalue weighted by molar-refractivity contribution is 5.95. The zero-order valence-electron chi connectivity index (χ0n) is 11.0. The molecule has 0 saturated carbocycles. The van der Waals surface area contributed by atoms with Crippen LogP contribution in [-0.2, 0) is 0 Å². The summed E-state index contributed by atoms with van der Waals surface area (Å²) in [5.74, 6) is 1.58. The maximum absolute atomic E-state index is 12.4. The predicted octanol–water partition coefficient (Wildman–Crippen LogP) is 1.72. The second-order valence-corrected chi connectivity index (χ2v) is 5.36. The van der Waals surface area contributed by atoms with Crippen molar-refractivity contribution >= 4 is 5.91 Å². The van der Waals surface area contributed by atoms with Gasteiger partial charge >= 0.3 is 0 Å². The molecule has 1 aromatic rings. The SMILES string of the molecule is Cc1cc(C(=O)N2CCNC(C)(C)C2)c(C)o1. The molecule has 0 radical (unpaired) electrons. The normalized spacial score (nSPS) is 19.4. The molecule has 1 N–H and O–H groups in total. The van der Waals surface area contributed by atoms with Crippen LogP contribution < -0.4 is 5.32 Å². The third kappa shape index (κ3) is 2.52. The van der Waals surface area contributed by atoms with E-state index < -0.39 is 0 Å². The number of hydrogen-bond donors (Lipinski definition) is 1. The lowest BCUT2D eigenvalue weighted by atomic mass is 10.0. The quantitative estimate of drug-likeness (QED) is 0.807. The molecule has 0 atom stereocenters. The summed E-state index contributed by atoms with van der Waals surface area (Å²) < 4.78 is 5.42. The number of nitrogens with one attached hydrogen (secondary N) is 1. The molecule has 1 aliphatic heterocycles. The van der Waals surface area contributed by atoms with Crippen LogP contribution in [0, 0.1) is 13.8 Å². The van der Waals surface area contributed by atoms with Crippen molar-refractivity contribution in [3.63, 3.8) is 0 Å². The molecule has 0 unspecified atom stereocenters. The summed E-state index contributed by atoms with van der Waals surface area (Å²) in [6, 6.07) is 1.83. The third-order valence-corrected chi connectivity index (χ3v) is 3.13. The zero-order chi connectivity index (χ0) is 12.6. The van der Waals surface area contributed by atoms with E-state index in [1.165, 1.54) is 0 Å². The standard InChI is InChI=1S/C13H20N2O2/c1-9-7-11(10(2)17-9)12(16)15-6-5-14-13(3,4)8-15/h7,14H,5-6,8H2,1-4H3. The van der Waals surface area contributed by atoms with Gasteiger partial charge in [-0.05, 0) is 33.8 Å². The molecule has 2 heterocycles. The van der Waals surface area contributed by atoms with Crippen LogP contribution in [0.3, 0.4) is 0 Å². The van der Waals surface area contributed by atoms with Crippen molar-refractivity contribution < 1.29 is 9.21 Å². The number of carbonyl (C=O) groups excluding carboxylic acids is 1. The van der Waals surface area contributed by atoms with Crippen LogP contribution in [0.5, 0.6) is 0 Å². The van der Waals surface area contributed by atoms with Crippen LogP contribution in [-0.4, -0.2) is 36.0 Å². The summed E-state index contributed by atoms with van der Waals surface area (Å²) in [4.78, 5) is 14.3. The Morgan fingerprint density at radius 1 is 1.47 bits per heavy atom. The number of aryl methyl sites for hydroxylation is 2. The van der Waals surface area contributed by atoms with Gasteiger partial charge in [-0.3, -0.25) is 4.79 Å². The van der Waals surface area contributed by atoms with E-state index in [1.807, 2.05) is 24.8 Å². The molecule has 0 bridgehead atoms. The Morgan fingerprint density at radius 2 is 2.18 bits per heavy atom. The Balaban J connectivity index is 2.18. The predicted molar refractivity (Wildman–Crippen MR) is 66.2 cm³/mol. The first-order valence-corrected chi connectivity index (χ1v) is 6.00. The first-order chi connectivity index (χ1) is 7.89. The molecule has 1 amide bonds. The molecule has 1 aromatic heterocycles. The van der Waals surface area contributed by atoms with Crippen molar-refractivity contribution in [1.29, 1.82) is 0 Å². The van der Waals surface area contributed by atoms with Crippen molar-refractivity contribution in [2.45, 2.75) is 33.2 Å². The second-order valence-electron chi connectivity index (χ2n) is 5.36. The monoisotopic (exact) mass is 236 g/mol. The molecule has 17 heavy (non-hydrogen) atoms. The smallest absolute Gasteiger partial charge is 0.257 e. The number of hydrogen-bond acceptors (Lipinski definition) is 3. The molecular weight excluding hydrogens is 216 g/mol. The minimum absolute atomic E-state index is 0.0133. The van der Waals surface area contributed by atoms with Gasteiger partial charge in [-0.2, -0.15) is 0 Å². The van der Waals surface area contributed by atoms with Crippen molar-refractivity contribution in [2.24, 2.45) is 0 Å². The van der Waals surface area contributed by atoms with Gasteiger partial charge in [0.15, 0.2) is 0 Å².